The molecule has 2 amide bonds. The minimum absolute atomic E-state index is 0.00487. The van der Waals surface area contributed by atoms with Crippen LogP contribution in [-0.4, -0.2) is 76.0 Å². The van der Waals surface area contributed by atoms with E-state index in [0.717, 1.165) is 12.1 Å². The van der Waals surface area contributed by atoms with E-state index in [0.29, 0.717) is 5.69 Å². The Kier molecular flexibility index (Phi) is 7.07. The summed E-state index contributed by atoms with van der Waals surface area (Å²) < 4.78 is 42.4. The van der Waals surface area contributed by atoms with Crippen molar-refractivity contribution in [2.24, 2.45) is 0 Å². The number of halogens is 2. The van der Waals surface area contributed by atoms with Crippen LogP contribution in [0.3, 0.4) is 0 Å². The first-order valence-corrected chi connectivity index (χ1v) is 11.6. The molecule has 2 fully saturated rings. The molecule has 0 unspecified atom stereocenters. The minimum Gasteiger partial charge on any atom is -0.442 e. The van der Waals surface area contributed by atoms with Crippen molar-refractivity contribution in [1.82, 2.24) is 30.4 Å². The Morgan fingerprint density at radius 3 is 2.73 bits per heavy atom. The van der Waals surface area contributed by atoms with E-state index in [-0.39, 0.29) is 57.3 Å². The number of nitrogens with zero attached hydrogens (tertiary/aromatic N) is 7. The number of hydrogen-bond donors (Lipinski definition) is 1. The summed E-state index contributed by atoms with van der Waals surface area (Å²) in [4.78, 5) is 31.6. The monoisotopic (exact) mass is 514 g/mol. The first-order chi connectivity index (χ1) is 18.0. The highest BCUT2D eigenvalue weighted by Gasteiger charge is 2.34. The summed E-state index contributed by atoms with van der Waals surface area (Å²) in [5, 5.41) is 8.80. The van der Waals surface area contributed by atoms with Crippen molar-refractivity contribution in [3.8, 4) is 0 Å². The fraction of sp³-hybridized carbons (Fsp3) is 0.348. The molecule has 0 bridgehead atoms. The third-order valence-electron chi connectivity index (χ3n) is 5.93. The molecule has 0 spiro atoms. The number of carbonyl (C=O) groups excluding carboxylic acids is 2. The van der Waals surface area contributed by atoms with Crippen molar-refractivity contribution in [3.05, 3.63) is 66.3 Å². The van der Waals surface area contributed by atoms with Crippen LogP contribution in [0.15, 0.2) is 48.9 Å². The van der Waals surface area contributed by atoms with Crippen LogP contribution >= 0.6 is 0 Å². The molecule has 1 atom stereocenters. The molecule has 2 aromatic heterocycles. The maximum absolute atomic E-state index is 15.2. The van der Waals surface area contributed by atoms with Gasteiger partial charge in [0.25, 0.3) is 0 Å². The van der Waals surface area contributed by atoms with E-state index in [1.54, 1.807) is 30.6 Å². The summed E-state index contributed by atoms with van der Waals surface area (Å²) in [5.74, 6) is -1.65. The van der Waals surface area contributed by atoms with Gasteiger partial charge in [0.15, 0.2) is 11.6 Å². The molecule has 1 aromatic carbocycles. The fourth-order valence-electron chi connectivity index (χ4n) is 4.18. The highest BCUT2D eigenvalue weighted by Crippen LogP contribution is 2.31. The number of carbonyl (C=O) groups is 2. The van der Waals surface area contributed by atoms with E-state index in [4.69, 9.17) is 9.47 Å². The van der Waals surface area contributed by atoms with Gasteiger partial charge in [-0.2, -0.15) is 0 Å². The van der Waals surface area contributed by atoms with Crippen molar-refractivity contribution in [2.45, 2.75) is 19.3 Å². The Balaban J connectivity index is 1.21. The molecular weight excluding hydrogens is 490 g/mol. The zero-order valence-electron chi connectivity index (χ0n) is 19.7. The Morgan fingerprint density at radius 1 is 1.16 bits per heavy atom. The fourth-order valence-corrected chi connectivity index (χ4v) is 4.18. The van der Waals surface area contributed by atoms with Crippen LogP contribution in [0.25, 0.3) is 0 Å². The third-order valence-corrected chi connectivity index (χ3v) is 5.93. The average molecular weight is 514 g/mol. The first-order valence-electron chi connectivity index (χ1n) is 11.6. The number of ether oxygens (including phenoxy) is 2. The van der Waals surface area contributed by atoms with Gasteiger partial charge in [0.05, 0.1) is 37.2 Å². The molecule has 194 valence electrons. The molecule has 3 aromatic rings. The van der Waals surface area contributed by atoms with Gasteiger partial charge in [-0.1, -0.05) is 11.3 Å². The predicted octanol–water partition coefficient (Wildman–Crippen LogP) is 1.94. The second kappa shape index (κ2) is 10.7. The number of benzene rings is 1. The first kappa shape index (κ1) is 24.4. The molecule has 0 radical (unpaired) electrons. The number of amides is 2. The summed E-state index contributed by atoms with van der Waals surface area (Å²) >= 11 is 0. The summed E-state index contributed by atoms with van der Waals surface area (Å²) in [6, 6.07) is 7.49. The molecule has 14 heteroatoms. The van der Waals surface area contributed by atoms with Gasteiger partial charge < -0.3 is 14.4 Å². The Bertz CT molecular complexity index is 1220. The zero-order valence-corrected chi connectivity index (χ0v) is 19.7. The van der Waals surface area contributed by atoms with E-state index in [9.17, 15) is 9.59 Å². The van der Waals surface area contributed by atoms with E-state index in [1.807, 2.05) is 0 Å². The Morgan fingerprint density at radius 2 is 2.00 bits per heavy atom. The number of hydrazine groups is 1. The Labute approximate surface area is 210 Å². The topological polar surface area (TPSA) is 118 Å². The van der Waals surface area contributed by atoms with Gasteiger partial charge in [-0.15, -0.1) is 5.10 Å². The van der Waals surface area contributed by atoms with Crippen LogP contribution in [-0.2, 0) is 22.6 Å². The standard InChI is InChI=1S/C23H24F2N8O4/c24-19-11-17(32-14-18(37-22(32)34)13-31-8-5-27-29-31)12-20(25)21(19)30-7-6-28-33(10-9-30)23(35)36-15-16-3-1-2-4-26-16/h1-5,8,11-12,18,28H,6-7,9-10,13-15H2/t18-/m0/s1. The molecule has 2 aliphatic heterocycles. The van der Waals surface area contributed by atoms with Gasteiger partial charge in [-0.25, -0.2) is 33.5 Å². The van der Waals surface area contributed by atoms with Crippen LogP contribution < -0.4 is 15.2 Å². The van der Waals surface area contributed by atoms with Gasteiger partial charge in [-0.3, -0.25) is 9.88 Å². The molecule has 12 nitrogen and oxygen atoms in total. The number of cyclic esters (lactones) is 1. The maximum Gasteiger partial charge on any atom is 0.424 e. The number of aromatic nitrogens is 4. The third kappa shape index (κ3) is 5.58. The molecule has 0 saturated carbocycles. The number of nitrogens with one attached hydrogen (secondary N) is 1. The lowest BCUT2D eigenvalue weighted by atomic mass is 10.2. The van der Waals surface area contributed by atoms with Gasteiger partial charge in [0.1, 0.15) is 18.4 Å². The van der Waals surface area contributed by atoms with Crippen LogP contribution in [0.5, 0.6) is 0 Å². The maximum atomic E-state index is 15.2. The van der Waals surface area contributed by atoms with E-state index in [1.165, 1.54) is 25.7 Å². The van der Waals surface area contributed by atoms with Gasteiger partial charge >= 0.3 is 12.2 Å². The Hall–Kier alpha value is -4.33. The molecule has 2 aliphatic rings. The van der Waals surface area contributed by atoms with Crippen LogP contribution in [0.2, 0.25) is 0 Å². The quantitative estimate of drug-likeness (QED) is 0.527. The lowest BCUT2D eigenvalue weighted by molar-refractivity contribution is 0.0803. The smallest absolute Gasteiger partial charge is 0.424 e. The SMILES string of the molecule is O=C(OCc1ccccn1)N1CCN(c2c(F)cc(N3C[C@H](Cn4ccnn4)OC3=O)cc2F)CCN1. The molecular formula is C23H24F2N8O4. The zero-order chi connectivity index (χ0) is 25.8. The highest BCUT2D eigenvalue weighted by atomic mass is 19.1. The van der Waals surface area contributed by atoms with Crippen molar-refractivity contribution in [2.75, 3.05) is 42.5 Å². The molecule has 37 heavy (non-hydrogen) atoms. The van der Waals surface area contributed by atoms with E-state index in [2.05, 4.69) is 20.7 Å². The summed E-state index contributed by atoms with van der Waals surface area (Å²) in [7, 11) is 0. The van der Waals surface area contributed by atoms with Crippen molar-refractivity contribution >= 4 is 23.6 Å². The minimum atomic E-state index is -0.825. The lowest BCUT2D eigenvalue weighted by Gasteiger charge is -2.25. The number of rotatable bonds is 6. The number of hydrogen-bond acceptors (Lipinski definition) is 9. The van der Waals surface area contributed by atoms with Crippen molar-refractivity contribution < 1.29 is 27.8 Å². The van der Waals surface area contributed by atoms with E-state index < -0.39 is 29.9 Å². The second-order valence-corrected chi connectivity index (χ2v) is 8.42. The summed E-state index contributed by atoms with van der Waals surface area (Å²) in [6.45, 7) is 1.16. The average Bonchev–Trinajstić information content (AvgIpc) is 3.46. The molecule has 0 aliphatic carbocycles. The van der Waals surface area contributed by atoms with E-state index >= 15 is 8.78 Å². The predicted molar refractivity (Wildman–Crippen MR) is 125 cm³/mol. The number of pyridine rings is 1. The van der Waals surface area contributed by atoms with Crippen LogP contribution in [0, 0.1) is 11.6 Å². The highest BCUT2D eigenvalue weighted by molar-refractivity contribution is 5.90. The van der Waals surface area contributed by atoms with Crippen LogP contribution in [0.1, 0.15) is 5.69 Å². The number of anilines is 2. The van der Waals surface area contributed by atoms with Gasteiger partial charge in [-0.05, 0) is 12.1 Å². The largest absolute Gasteiger partial charge is 0.442 e. The van der Waals surface area contributed by atoms with Gasteiger partial charge in [0.2, 0.25) is 0 Å². The molecule has 2 saturated heterocycles. The molecule has 4 heterocycles. The van der Waals surface area contributed by atoms with Crippen molar-refractivity contribution in [1.29, 1.82) is 0 Å². The summed E-state index contributed by atoms with van der Waals surface area (Å²) in [6.07, 6.45) is 2.87. The summed E-state index contributed by atoms with van der Waals surface area (Å²) in [5.41, 5.74) is 3.33. The van der Waals surface area contributed by atoms with Crippen molar-refractivity contribution in [3.63, 3.8) is 0 Å². The normalized spacial score (nSPS) is 18.1. The van der Waals surface area contributed by atoms with Gasteiger partial charge in [0, 0.05) is 44.2 Å². The van der Waals surface area contributed by atoms with Crippen LogP contribution in [0.4, 0.5) is 29.7 Å². The molecule has 1 N–H and O–H groups in total. The molecule has 5 rings (SSSR count). The lowest BCUT2D eigenvalue weighted by Crippen LogP contribution is -2.43. The second-order valence-electron chi connectivity index (χ2n) is 8.42.